The lowest BCUT2D eigenvalue weighted by molar-refractivity contribution is -0.145. The van der Waals surface area contributed by atoms with Gasteiger partial charge in [-0.05, 0) is 44.9 Å². The number of carboxylic acids is 4. The van der Waals surface area contributed by atoms with E-state index in [0.29, 0.717) is 19.4 Å². The third kappa shape index (κ3) is 19.3. The van der Waals surface area contributed by atoms with Crippen molar-refractivity contribution in [3.8, 4) is 0 Å². The Morgan fingerprint density at radius 2 is 1.10 bits per heavy atom. The summed E-state index contributed by atoms with van der Waals surface area (Å²) >= 11 is 0. The maximum Gasteiger partial charge on any atom is 0.326 e. The van der Waals surface area contributed by atoms with Crippen LogP contribution in [0.4, 0.5) is 0 Å². The maximum atomic E-state index is 12.4. The number of Topliss-reactive ketones (excluding diaryl/α,β-unsaturated/α-hetero) is 2. The van der Waals surface area contributed by atoms with Crippen LogP contribution in [0.2, 0.25) is 0 Å². The fraction of sp³-hybridized carbons (Fsp3) is 0.710. The van der Waals surface area contributed by atoms with Crippen molar-refractivity contribution >= 4 is 53.2 Å². The van der Waals surface area contributed by atoms with E-state index >= 15 is 0 Å². The molecular formula is C31H50N4O13. The fourth-order valence-corrected chi connectivity index (χ4v) is 4.75. The van der Waals surface area contributed by atoms with Crippen LogP contribution < -0.4 is 21.7 Å². The van der Waals surface area contributed by atoms with E-state index in [1.807, 2.05) is 13.8 Å². The maximum absolute atomic E-state index is 12.4. The number of carboxylic acid groups (broad SMARTS) is 4. The second-order valence-electron chi connectivity index (χ2n) is 11.6. The van der Waals surface area contributed by atoms with Crippen LogP contribution in [-0.2, 0) is 43.2 Å². The van der Waals surface area contributed by atoms with Gasteiger partial charge in [0.2, 0.25) is 17.7 Å². The van der Waals surface area contributed by atoms with E-state index in [-0.39, 0.29) is 50.2 Å². The number of nitrogens with one attached hydrogen (secondary N) is 3. The van der Waals surface area contributed by atoms with E-state index in [9.17, 15) is 58.5 Å². The highest BCUT2D eigenvalue weighted by molar-refractivity contribution is 5.88. The van der Waals surface area contributed by atoms with Crippen molar-refractivity contribution in [3.63, 3.8) is 0 Å². The zero-order chi connectivity index (χ0) is 36.8. The second kappa shape index (κ2) is 23.8. The Labute approximate surface area is 278 Å². The molecule has 0 aromatic heterocycles. The SMILES string of the molecule is CCC(=O)[C@@H](CC)CCCCNC(=O)CC[C@H](NC(=O)CC[C@H](CC(=O)CC[C@H](NC(=O)CC[C@H](N)C(=O)O)C(=O)O)C(=O)O)C(=O)O. The first-order valence-electron chi connectivity index (χ1n) is 16.1. The van der Waals surface area contributed by atoms with E-state index in [1.165, 1.54) is 0 Å². The molecule has 0 fully saturated rings. The molecule has 0 saturated heterocycles. The molecule has 0 aliphatic carbocycles. The van der Waals surface area contributed by atoms with Crippen molar-refractivity contribution in [2.45, 2.75) is 122 Å². The Bertz CT molecular complexity index is 1140. The van der Waals surface area contributed by atoms with Crippen LogP contribution in [0, 0.1) is 11.8 Å². The molecule has 0 rings (SSSR count). The number of ketones is 2. The number of rotatable bonds is 28. The van der Waals surface area contributed by atoms with Crippen LogP contribution >= 0.6 is 0 Å². The lowest BCUT2D eigenvalue weighted by Gasteiger charge is -2.17. The number of carbonyl (C=O) groups is 9. The van der Waals surface area contributed by atoms with Crippen molar-refractivity contribution in [1.82, 2.24) is 16.0 Å². The molecular weight excluding hydrogens is 636 g/mol. The van der Waals surface area contributed by atoms with Gasteiger partial charge in [-0.25, -0.2) is 9.59 Å². The summed E-state index contributed by atoms with van der Waals surface area (Å²) in [5.41, 5.74) is 5.31. The molecule has 0 aliphatic heterocycles. The number of carbonyl (C=O) groups excluding carboxylic acids is 5. The Morgan fingerprint density at radius 3 is 1.58 bits per heavy atom. The average molecular weight is 687 g/mol. The summed E-state index contributed by atoms with van der Waals surface area (Å²) in [5.74, 6) is -9.36. The van der Waals surface area contributed by atoms with E-state index < -0.39 is 90.7 Å². The first-order chi connectivity index (χ1) is 22.5. The van der Waals surface area contributed by atoms with Gasteiger partial charge in [0.25, 0.3) is 0 Å². The highest BCUT2D eigenvalue weighted by atomic mass is 16.4. The number of hydrogen-bond acceptors (Lipinski definition) is 10. The zero-order valence-electron chi connectivity index (χ0n) is 27.5. The Hall–Kier alpha value is -4.41. The molecule has 0 spiro atoms. The van der Waals surface area contributed by atoms with Gasteiger partial charge in [-0.15, -0.1) is 0 Å². The van der Waals surface area contributed by atoms with Gasteiger partial charge in [0, 0.05) is 51.0 Å². The fourth-order valence-electron chi connectivity index (χ4n) is 4.75. The Morgan fingerprint density at radius 1 is 0.583 bits per heavy atom. The summed E-state index contributed by atoms with van der Waals surface area (Å²) in [6.45, 7) is 4.12. The highest BCUT2D eigenvalue weighted by Gasteiger charge is 2.27. The zero-order valence-corrected chi connectivity index (χ0v) is 27.5. The van der Waals surface area contributed by atoms with Crippen LogP contribution in [0.25, 0.3) is 0 Å². The standard InChI is InChI=1S/C31H50N4O13/c1-3-18(24(37)4-2)7-5-6-16-33-25(38)15-12-23(31(47)48)35-26(39)13-8-19(28(41)42)17-20(36)9-11-22(30(45)46)34-27(40)14-10-21(32)29(43)44/h18-19,21-23H,3-17,32H2,1-2H3,(H,33,38)(H,34,40)(H,35,39)(H,41,42)(H,43,44)(H,45,46)(H,47,48)/t18-,19+,21-,22-,23-/m0/s1. The van der Waals surface area contributed by atoms with Gasteiger partial charge in [-0.2, -0.15) is 0 Å². The van der Waals surface area contributed by atoms with Crippen molar-refractivity contribution in [2.75, 3.05) is 6.54 Å². The summed E-state index contributed by atoms with van der Waals surface area (Å²) in [5, 5.41) is 44.2. The predicted octanol–water partition coefficient (Wildman–Crippen LogP) is 0.610. The number of amides is 3. The monoisotopic (exact) mass is 686 g/mol. The molecule has 17 nitrogen and oxygen atoms in total. The molecule has 0 aromatic rings. The molecule has 272 valence electrons. The Balaban J connectivity index is 4.71. The minimum Gasteiger partial charge on any atom is -0.481 e. The lowest BCUT2D eigenvalue weighted by atomic mass is 9.93. The molecule has 0 unspecified atom stereocenters. The molecule has 0 aliphatic rings. The largest absolute Gasteiger partial charge is 0.481 e. The smallest absolute Gasteiger partial charge is 0.326 e. The number of unbranched alkanes of at least 4 members (excludes halogenated alkanes) is 1. The third-order valence-corrected chi connectivity index (χ3v) is 7.78. The van der Waals surface area contributed by atoms with Crippen molar-refractivity contribution in [2.24, 2.45) is 17.6 Å². The molecule has 0 radical (unpaired) electrons. The molecule has 3 amide bonds. The summed E-state index contributed by atoms with van der Waals surface area (Å²) in [6, 6.07) is -4.23. The van der Waals surface area contributed by atoms with Crippen LogP contribution in [0.1, 0.15) is 104 Å². The van der Waals surface area contributed by atoms with Crippen molar-refractivity contribution in [1.29, 1.82) is 0 Å². The van der Waals surface area contributed by atoms with Gasteiger partial charge in [0.05, 0.1) is 5.92 Å². The molecule has 17 heteroatoms. The van der Waals surface area contributed by atoms with Gasteiger partial charge in [0.15, 0.2) is 0 Å². The number of hydrogen-bond donors (Lipinski definition) is 8. The molecule has 0 heterocycles. The number of aliphatic carboxylic acids is 4. The number of nitrogens with two attached hydrogens (primary N) is 1. The van der Waals surface area contributed by atoms with Crippen molar-refractivity contribution < 1.29 is 63.6 Å². The van der Waals surface area contributed by atoms with Gasteiger partial charge in [-0.1, -0.05) is 20.3 Å². The molecule has 0 bridgehead atoms. The molecule has 0 saturated carbocycles. The predicted molar refractivity (Wildman–Crippen MR) is 168 cm³/mol. The summed E-state index contributed by atoms with van der Waals surface area (Å²) in [4.78, 5) is 106. The van der Waals surface area contributed by atoms with Gasteiger partial charge in [-0.3, -0.25) is 33.6 Å². The van der Waals surface area contributed by atoms with E-state index in [1.54, 1.807) is 0 Å². The van der Waals surface area contributed by atoms with E-state index in [4.69, 9.17) is 10.8 Å². The minimum absolute atomic E-state index is 0.000228. The lowest BCUT2D eigenvalue weighted by Crippen LogP contribution is -2.42. The van der Waals surface area contributed by atoms with Gasteiger partial charge >= 0.3 is 23.9 Å². The second-order valence-corrected chi connectivity index (χ2v) is 11.6. The van der Waals surface area contributed by atoms with Gasteiger partial charge < -0.3 is 42.1 Å². The van der Waals surface area contributed by atoms with E-state index in [2.05, 4.69) is 16.0 Å². The molecule has 9 N–H and O–H groups in total. The topological polar surface area (TPSA) is 297 Å². The first-order valence-corrected chi connectivity index (χ1v) is 16.1. The summed E-state index contributed by atoms with van der Waals surface area (Å²) in [6.07, 6.45) is 0.235. The summed E-state index contributed by atoms with van der Waals surface area (Å²) in [7, 11) is 0. The highest BCUT2D eigenvalue weighted by Crippen LogP contribution is 2.16. The van der Waals surface area contributed by atoms with Crippen LogP contribution in [0.5, 0.6) is 0 Å². The average Bonchev–Trinajstić information content (AvgIpc) is 3.02. The molecule has 5 atom stereocenters. The minimum atomic E-state index is -1.50. The molecule has 48 heavy (non-hydrogen) atoms. The van der Waals surface area contributed by atoms with Crippen LogP contribution in [0.3, 0.4) is 0 Å². The van der Waals surface area contributed by atoms with Gasteiger partial charge in [0.1, 0.15) is 29.7 Å². The molecule has 0 aromatic carbocycles. The first kappa shape index (κ1) is 43.6. The van der Waals surface area contributed by atoms with Crippen LogP contribution in [-0.4, -0.2) is 98.3 Å². The third-order valence-electron chi connectivity index (χ3n) is 7.78. The van der Waals surface area contributed by atoms with E-state index in [0.717, 1.165) is 19.3 Å². The summed E-state index contributed by atoms with van der Waals surface area (Å²) < 4.78 is 0. The normalized spacial score (nSPS) is 14.0. The van der Waals surface area contributed by atoms with Crippen LogP contribution in [0.15, 0.2) is 0 Å². The Kier molecular flexibility index (Phi) is 21.6. The van der Waals surface area contributed by atoms with Crippen molar-refractivity contribution in [3.05, 3.63) is 0 Å². The quantitative estimate of drug-likeness (QED) is 0.0523.